The minimum atomic E-state index is -0.817. The monoisotopic (exact) mass is 402 g/mol. The smallest absolute Gasteiger partial charge is 0.251 e. The van der Waals surface area contributed by atoms with Gasteiger partial charge in [-0.2, -0.15) is 0 Å². The van der Waals surface area contributed by atoms with Crippen molar-refractivity contribution in [3.63, 3.8) is 0 Å². The number of ether oxygens (including phenoxy) is 1. The highest BCUT2D eigenvalue weighted by molar-refractivity contribution is 5.97. The summed E-state index contributed by atoms with van der Waals surface area (Å²) in [7, 11) is 0. The highest BCUT2D eigenvalue weighted by Crippen LogP contribution is 2.17. The van der Waals surface area contributed by atoms with E-state index in [-0.39, 0.29) is 12.3 Å². The van der Waals surface area contributed by atoms with Crippen molar-refractivity contribution in [3.8, 4) is 5.75 Å². The van der Waals surface area contributed by atoms with Gasteiger partial charge in [-0.05, 0) is 49.2 Å². The molecule has 30 heavy (non-hydrogen) atoms. The van der Waals surface area contributed by atoms with Gasteiger partial charge in [-0.1, -0.05) is 59.7 Å². The predicted octanol–water partition coefficient (Wildman–Crippen LogP) is 3.71. The van der Waals surface area contributed by atoms with Crippen LogP contribution in [0.4, 0.5) is 0 Å². The summed E-state index contributed by atoms with van der Waals surface area (Å²) < 4.78 is 5.85. The lowest BCUT2D eigenvalue weighted by Crippen LogP contribution is -2.45. The Kier molecular flexibility index (Phi) is 6.86. The summed E-state index contributed by atoms with van der Waals surface area (Å²) in [4.78, 5) is 24.6. The molecule has 154 valence electrons. The van der Waals surface area contributed by atoms with Gasteiger partial charge in [0.2, 0.25) is 5.91 Å². The molecule has 0 aliphatic heterocycles. The molecule has 2 amide bonds. The Hall–Kier alpha value is -3.60. The Bertz CT molecular complexity index is 1010. The Labute approximate surface area is 176 Å². The van der Waals surface area contributed by atoms with Crippen LogP contribution in [-0.2, 0) is 17.8 Å². The summed E-state index contributed by atoms with van der Waals surface area (Å²) in [5, 5.41) is 2.76. The topological polar surface area (TPSA) is 81.4 Å². The lowest BCUT2D eigenvalue weighted by molar-refractivity contribution is -0.119. The van der Waals surface area contributed by atoms with E-state index in [1.54, 1.807) is 12.1 Å². The number of carbonyl (C=O) groups excluding carboxylic acids is 2. The molecule has 3 rings (SSSR count). The summed E-state index contributed by atoms with van der Waals surface area (Å²) in [5.74, 6) is -0.203. The Morgan fingerprint density at radius 2 is 1.57 bits per heavy atom. The van der Waals surface area contributed by atoms with Gasteiger partial charge in [0.25, 0.3) is 5.91 Å². The predicted molar refractivity (Wildman–Crippen MR) is 117 cm³/mol. The van der Waals surface area contributed by atoms with Gasteiger partial charge in [0, 0.05) is 12.0 Å². The van der Waals surface area contributed by atoms with Crippen LogP contribution in [0, 0.1) is 13.8 Å². The molecular weight excluding hydrogens is 376 g/mol. The number of rotatable bonds is 8. The first kappa shape index (κ1) is 21.1. The van der Waals surface area contributed by atoms with Crippen molar-refractivity contribution in [3.05, 3.63) is 101 Å². The second-order valence-electron chi connectivity index (χ2n) is 7.43. The summed E-state index contributed by atoms with van der Waals surface area (Å²) in [6.45, 7) is 4.31. The van der Waals surface area contributed by atoms with Gasteiger partial charge >= 0.3 is 0 Å². The number of hydrogen-bond acceptors (Lipinski definition) is 3. The Balaban J connectivity index is 1.67. The van der Waals surface area contributed by atoms with Crippen LogP contribution in [0.3, 0.4) is 0 Å². The number of nitrogens with two attached hydrogens (primary N) is 1. The quantitative estimate of drug-likeness (QED) is 0.603. The van der Waals surface area contributed by atoms with Crippen LogP contribution in [0.25, 0.3) is 0 Å². The maximum atomic E-state index is 12.6. The molecular formula is C25H26N2O3. The maximum Gasteiger partial charge on any atom is 0.251 e. The van der Waals surface area contributed by atoms with Crippen molar-refractivity contribution in [2.75, 3.05) is 0 Å². The molecule has 5 nitrogen and oxygen atoms in total. The average Bonchev–Trinajstić information content (AvgIpc) is 2.72. The number of primary amides is 1. The van der Waals surface area contributed by atoms with Crippen molar-refractivity contribution in [2.24, 2.45) is 5.73 Å². The van der Waals surface area contributed by atoms with Gasteiger partial charge < -0.3 is 15.8 Å². The van der Waals surface area contributed by atoms with Gasteiger partial charge in [0.1, 0.15) is 18.4 Å². The normalized spacial score (nSPS) is 11.5. The Morgan fingerprint density at radius 1 is 0.900 bits per heavy atom. The van der Waals surface area contributed by atoms with E-state index in [4.69, 9.17) is 10.5 Å². The number of amides is 2. The van der Waals surface area contributed by atoms with Crippen LogP contribution >= 0.6 is 0 Å². The first-order valence-corrected chi connectivity index (χ1v) is 9.85. The summed E-state index contributed by atoms with van der Waals surface area (Å²) in [5.41, 5.74) is 9.96. The average molecular weight is 402 g/mol. The van der Waals surface area contributed by atoms with Crippen molar-refractivity contribution in [1.82, 2.24) is 5.32 Å². The summed E-state index contributed by atoms with van der Waals surface area (Å²) in [6, 6.07) is 22.1. The van der Waals surface area contributed by atoms with Gasteiger partial charge in [-0.25, -0.2) is 0 Å². The molecule has 0 aromatic heterocycles. The lowest BCUT2D eigenvalue weighted by atomic mass is 10.0. The Morgan fingerprint density at radius 3 is 2.23 bits per heavy atom. The van der Waals surface area contributed by atoms with Crippen molar-refractivity contribution >= 4 is 11.8 Å². The molecule has 0 aliphatic rings. The van der Waals surface area contributed by atoms with Crippen molar-refractivity contribution < 1.29 is 14.3 Å². The van der Waals surface area contributed by atoms with E-state index in [0.29, 0.717) is 17.9 Å². The molecule has 1 atom stereocenters. The van der Waals surface area contributed by atoms with Crippen LogP contribution in [0.2, 0.25) is 0 Å². The summed E-state index contributed by atoms with van der Waals surface area (Å²) >= 11 is 0. The van der Waals surface area contributed by atoms with Gasteiger partial charge in [-0.3, -0.25) is 9.59 Å². The van der Waals surface area contributed by atoms with Crippen LogP contribution in [0.1, 0.15) is 32.6 Å². The SMILES string of the molecule is Cc1cc(C)cc(C(=O)N[C@H](Cc2cccc(OCc3ccccc3)c2)C(N)=O)c1. The van der Waals surface area contributed by atoms with Crippen molar-refractivity contribution in [2.45, 2.75) is 32.9 Å². The molecule has 3 aromatic rings. The molecule has 0 spiro atoms. The minimum absolute atomic E-state index is 0.286. The van der Waals surface area contributed by atoms with Crippen LogP contribution in [0.5, 0.6) is 5.75 Å². The van der Waals surface area contributed by atoms with E-state index in [9.17, 15) is 9.59 Å². The number of aryl methyl sites for hydroxylation is 2. The second-order valence-corrected chi connectivity index (χ2v) is 7.43. The summed E-state index contributed by atoms with van der Waals surface area (Å²) in [6.07, 6.45) is 0.286. The number of nitrogens with one attached hydrogen (secondary N) is 1. The number of carbonyl (C=O) groups is 2. The zero-order valence-electron chi connectivity index (χ0n) is 17.2. The standard InChI is InChI=1S/C25H26N2O3/c1-17-11-18(2)13-21(12-17)25(29)27-23(24(26)28)15-20-9-6-10-22(14-20)30-16-19-7-4-3-5-8-19/h3-14,23H,15-16H2,1-2H3,(H2,26,28)(H,27,29)/t23-/m1/s1. The van der Waals surface area contributed by atoms with Gasteiger partial charge in [-0.15, -0.1) is 0 Å². The maximum absolute atomic E-state index is 12.6. The first-order valence-electron chi connectivity index (χ1n) is 9.85. The van der Waals surface area contributed by atoms with E-state index in [2.05, 4.69) is 5.32 Å². The molecule has 0 fully saturated rings. The minimum Gasteiger partial charge on any atom is -0.489 e. The first-order chi connectivity index (χ1) is 14.4. The van der Waals surface area contributed by atoms with Crippen molar-refractivity contribution in [1.29, 1.82) is 0 Å². The molecule has 0 heterocycles. The lowest BCUT2D eigenvalue weighted by Gasteiger charge is -2.17. The molecule has 0 radical (unpaired) electrons. The molecule has 0 bridgehead atoms. The number of benzene rings is 3. The van der Waals surface area contributed by atoms with Crippen LogP contribution in [-0.4, -0.2) is 17.9 Å². The fourth-order valence-electron chi connectivity index (χ4n) is 3.31. The van der Waals surface area contributed by atoms with E-state index < -0.39 is 11.9 Å². The highest BCUT2D eigenvalue weighted by Gasteiger charge is 2.20. The fourth-order valence-corrected chi connectivity index (χ4v) is 3.31. The van der Waals surface area contributed by atoms with E-state index in [1.807, 2.05) is 74.5 Å². The zero-order valence-corrected chi connectivity index (χ0v) is 17.2. The largest absolute Gasteiger partial charge is 0.489 e. The van der Waals surface area contributed by atoms with Crippen LogP contribution in [0.15, 0.2) is 72.8 Å². The third-order valence-electron chi connectivity index (χ3n) is 4.72. The third kappa shape index (κ3) is 5.95. The molecule has 5 heteroatoms. The van der Waals surface area contributed by atoms with Gasteiger partial charge in [0.05, 0.1) is 0 Å². The second kappa shape index (κ2) is 9.74. The van der Waals surface area contributed by atoms with E-state index in [1.165, 1.54) is 0 Å². The molecule has 0 saturated heterocycles. The van der Waals surface area contributed by atoms with E-state index in [0.717, 1.165) is 22.3 Å². The zero-order chi connectivity index (χ0) is 21.5. The third-order valence-corrected chi connectivity index (χ3v) is 4.72. The molecule has 0 unspecified atom stereocenters. The van der Waals surface area contributed by atoms with E-state index >= 15 is 0 Å². The van der Waals surface area contributed by atoms with Crippen LogP contribution < -0.4 is 15.8 Å². The number of hydrogen-bond donors (Lipinski definition) is 2. The molecule has 3 N–H and O–H groups in total. The molecule has 3 aromatic carbocycles. The highest BCUT2D eigenvalue weighted by atomic mass is 16.5. The molecule has 0 aliphatic carbocycles. The van der Waals surface area contributed by atoms with Gasteiger partial charge in [0.15, 0.2) is 0 Å². The fraction of sp³-hybridized carbons (Fsp3) is 0.200. The molecule has 0 saturated carbocycles.